The van der Waals surface area contributed by atoms with Crippen molar-refractivity contribution in [1.29, 1.82) is 0 Å². The number of aromatic amines is 1. The van der Waals surface area contributed by atoms with Gasteiger partial charge in [-0.05, 0) is 31.3 Å². The first kappa shape index (κ1) is 20.2. The molecule has 0 saturated carbocycles. The van der Waals surface area contributed by atoms with Gasteiger partial charge in [-0.15, -0.1) is 0 Å². The van der Waals surface area contributed by atoms with Crippen molar-refractivity contribution in [2.75, 3.05) is 18.6 Å². The first-order valence-electron chi connectivity index (χ1n) is 8.49. The second-order valence-corrected chi connectivity index (χ2v) is 7.24. The molecule has 3 unspecified atom stereocenters. The van der Waals surface area contributed by atoms with Gasteiger partial charge in [-0.1, -0.05) is 0 Å². The fraction of sp³-hybridized carbons (Fsp3) is 0.625. The van der Waals surface area contributed by atoms with Crippen molar-refractivity contribution in [2.45, 2.75) is 43.8 Å². The quantitative estimate of drug-likeness (QED) is 0.454. The molecule has 1 aromatic rings. The van der Waals surface area contributed by atoms with Gasteiger partial charge in [0, 0.05) is 24.9 Å². The highest BCUT2D eigenvalue weighted by Gasteiger charge is 2.37. The number of carboxylic acid groups (broad SMARTS) is 1. The van der Waals surface area contributed by atoms with Crippen LogP contribution in [-0.2, 0) is 20.8 Å². The number of nitrogens with one attached hydrogen (secondary N) is 2. The molecule has 0 spiro atoms. The average Bonchev–Trinajstić information content (AvgIpc) is 3.29. The van der Waals surface area contributed by atoms with Gasteiger partial charge in [0.25, 0.3) is 0 Å². The number of hydrogen-bond donors (Lipinski definition) is 4. The Morgan fingerprint density at radius 3 is 2.92 bits per heavy atom. The number of imidazole rings is 1. The molecule has 1 aromatic heterocycles. The highest BCUT2D eigenvalue weighted by molar-refractivity contribution is 7.98. The smallest absolute Gasteiger partial charge is 0.326 e. The number of hydrogen-bond acceptors (Lipinski definition) is 6. The monoisotopic (exact) mass is 383 g/mol. The molecule has 5 N–H and O–H groups in total. The number of thioether (sulfide) groups is 1. The number of aliphatic carboxylic acids is 1. The summed E-state index contributed by atoms with van der Waals surface area (Å²) in [6.45, 7) is 0.460. The molecular formula is C16H25N5O4S. The fourth-order valence-electron chi connectivity index (χ4n) is 2.97. The zero-order valence-corrected chi connectivity index (χ0v) is 15.5. The predicted molar refractivity (Wildman–Crippen MR) is 97.6 cm³/mol. The number of rotatable bonds is 9. The van der Waals surface area contributed by atoms with Crippen LogP contribution in [0.15, 0.2) is 12.5 Å². The molecule has 10 heteroatoms. The van der Waals surface area contributed by atoms with E-state index in [4.69, 9.17) is 5.73 Å². The minimum Gasteiger partial charge on any atom is -0.480 e. The third-order valence-electron chi connectivity index (χ3n) is 4.38. The average molecular weight is 383 g/mol. The van der Waals surface area contributed by atoms with Crippen molar-refractivity contribution >= 4 is 29.5 Å². The Kier molecular flexibility index (Phi) is 7.46. The number of carbonyl (C=O) groups is 3. The molecule has 1 aliphatic rings. The van der Waals surface area contributed by atoms with Crippen LogP contribution >= 0.6 is 11.8 Å². The highest BCUT2D eigenvalue weighted by atomic mass is 32.2. The molecule has 144 valence electrons. The highest BCUT2D eigenvalue weighted by Crippen LogP contribution is 2.19. The zero-order valence-electron chi connectivity index (χ0n) is 14.7. The van der Waals surface area contributed by atoms with Crippen LogP contribution in [-0.4, -0.2) is 74.4 Å². The lowest BCUT2D eigenvalue weighted by Gasteiger charge is -2.27. The molecule has 2 rings (SSSR count). The first-order valence-corrected chi connectivity index (χ1v) is 9.88. The molecule has 0 aromatic carbocycles. The van der Waals surface area contributed by atoms with Gasteiger partial charge >= 0.3 is 5.97 Å². The van der Waals surface area contributed by atoms with Crippen molar-refractivity contribution in [3.8, 4) is 0 Å². The van der Waals surface area contributed by atoms with Crippen LogP contribution in [0.2, 0.25) is 0 Å². The Hall–Kier alpha value is -2.07. The van der Waals surface area contributed by atoms with Crippen LogP contribution in [0, 0.1) is 0 Å². The van der Waals surface area contributed by atoms with Gasteiger partial charge in [-0.2, -0.15) is 11.8 Å². The Labute approximate surface area is 156 Å². The molecule has 1 aliphatic heterocycles. The number of carboxylic acids is 1. The molecule has 26 heavy (non-hydrogen) atoms. The van der Waals surface area contributed by atoms with Gasteiger partial charge < -0.3 is 26.0 Å². The van der Waals surface area contributed by atoms with Crippen LogP contribution in [0.5, 0.6) is 0 Å². The second-order valence-electron chi connectivity index (χ2n) is 6.26. The zero-order chi connectivity index (χ0) is 19.1. The second kappa shape index (κ2) is 9.58. The molecule has 1 saturated heterocycles. The van der Waals surface area contributed by atoms with E-state index in [1.54, 1.807) is 11.8 Å². The number of H-pyrrole nitrogens is 1. The van der Waals surface area contributed by atoms with Crippen molar-refractivity contribution in [3.05, 3.63) is 18.2 Å². The summed E-state index contributed by atoms with van der Waals surface area (Å²) in [4.78, 5) is 44.7. The fourth-order valence-corrected chi connectivity index (χ4v) is 3.46. The SMILES string of the molecule is CSCCC(N)C(=O)N1CCCC1C(=O)NC(Cc1cnc[nH]1)C(=O)O. The number of nitrogens with zero attached hydrogens (tertiary/aromatic N) is 2. The normalized spacial score (nSPS) is 19.2. The van der Waals surface area contributed by atoms with Gasteiger partial charge in [-0.3, -0.25) is 9.59 Å². The molecule has 2 amide bonds. The van der Waals surface area contributed by atoms with E-state index in [0.29, 0.717) is 31.5 Å². The summed E-state index contributed by atoms with van der Waals surface area (Å²) in [6.07, 6.45) is 6.73. The number of aromatic nitrogens is 2. The summed E-state index contributed by atoms with van der Waals surface area (Å²) >= 11 is 1.61. The van der Waals surface area contributed by atoms with Crippen molar-refractivity contribution in [3.63, 3.8) is 0 Å². The summed E-state index contributed by atoms with van der Waals surface area (Å²) in [6, 6.07) is -2.41. The van der Waals surface area contributed by atoms with Gasteiger partial charge in [-0.25, -0.2) is 9.78 Å². The maximum Gasteiger partial charge on any atom is 0.326 e. The molecule has 9 nitrogen and oxygen atoms in total. The molecular weight excluding hydrogens is 358 g/mol. The van der Waals surface area contributed by atoms with E-state index in [1.165, 1.54) is 17.4 Å². The summed E-state index contributed by atoms with van der Waals surface area (Å²) in [7, 11) is 0. The predicted octanol–water partition coefficient (Wildman–Crippen LogP) is -0.407. The molecule has 0 radical (unpaired) electrons. The first-order chi connectivity index (χ1) is 12.4. The topological polar surface area (TPSA) is 141 Å². The van der Waals surface area contributed by atoms with E-state index in [0.717, 1.165) is 5.75 Å². The maximum absolute atomic E-state index is 12.6. The van der Waals surface area contributed by atoms with E-state index in [9.17, 15) is 19.5 Å². The minimum absolute atomic E-state index is 0.0922. The third kappa shape index (κ3) is 5.21. The van der Waals surface area contributed by atoms with Crippen molar-refractivity contribution in [2.24, 2.45) is 5.73 Å². The van der Waals surface area contributed by atoms with Crippen LogP contribution < -0.4 is 11.1 Å². The minimum atomic E-state index is -1.14. The summed E-state index contributed by atoms with van der Waals surface area (Å²) < 4.78 is 0. The lowest BCUT2D eigenvalue weighted by molar-refractivity contribution is -0.144. The summed E-state index contributed by atoms with van der Waals surface area (Å²) in [5.41, 5.74) is 6.55. The maximum atomic E-state index is 12.6. The number of nitrogens with two attached hydrogens (primary N) is 1. The Balaban J connectivity index is 1.99. The summed E-state index contributed by atoms with van der Waals surface area (Å²) in [5, 5.41) is 11.9. The van der Waals surface area contributed by atoms with Crippen LogP contribution in [0.4, 0.5) is 0 Å². The van der Waals surface area contributed by atoms with E-state index in [2.05, 4.69) is 15.3 Å². The largest absolute Gasteiger partial charge is 0.480 e. The standard InChI is InChI=1S/C16H25N5O4S/c1-26-6-4-11(17)15(23)21-5-2-3-13(21)14(22)20-12(16(24)25)7-10-8-18-9-19-10/h8-9,11-13H,2-7,17H2,1H3,(H,18,19)(H,20,22)(H,24,25). The number of carbonyl (C=O) groups excluding carboxylic acids is 2. The van der Waals surface area contributed by atoms with Gasteiger partial charge in [0.1, 0.15) is 12.1 Å². The Bertz CT molecular complexity index is 624. The van der Waals surface area contributed by atoms with E-state index in [1.807, 2.05) is 6.26 Å². The van der Waals surface area contributed by atoms with Gasteiger partial charge in [0.2, 0.25) is 11.8 Å². The lowest BCUT2D eigenvalue weighted by Crippen LogP contribution is -2.54. The Morgan fingerprint density at radius 2 is 2.31 bits per heavy atom. The van der Waals surface area contributed by atoms with E-state index < -0.39 is 30.0 Å². The molecule has 2 heterocycles. The molecule has 1 fully saturated rings. The molecule has 3 atom stereocenters. The van der Waals surface area contributed by atoms with Gasteiger partial charge in [0.15, 0.2) is 0 Å². The lowest BCUT2D eigenvalue weighted by atomic mass is 10.1. The van der Waals surface area contributed by atoms with E-state index >= 15 is 0 Å². The Morgan fingerprint density at radius 1 is 1.54 bits per heavy atom. The van der Waals surface area contributed by atoms with E-state index in [-0.39, 0.29) is 12.3 Å². The number of amides is 2. The van der Waals surface area contributed by atoms with Crippen LogP contribution in [0.3, 0.4) is 0 Å². The van der Waals surface area contributed by atoms with Crippen molar-refractivity contribution < 1.29 is 19.5 Å². The third-order valence-corrected chi connectivity index (χ3v) is 5.03. The van der Waals surface area contributed by atoms with Gasteiger partial charge in [0.05, 0.1) is 12.4 Å². The summed E-state index contributed by atoms with van der Waals surface area (Å²) in [5.74, 6) is -1.08. The number of likely N-dealkylation sites (tertiary alicyclic amines) is 1. The van der Waals surface area contributed by atoms with Crippen molar-refractivity contribution in [1.82, 2.24) is 20.2 Å². The molecule has 0 aliphatic carbocycles. The van der Waals surface area contributed by atoms with Crippen LogP contribution in [0.25, 0.3) is 0 Å². The van der Waals surface area contributed by atoms with Crippen LogP contribution in [0.1, 0.15) is 25.0 Å². The molecule has 0 bridgehead atoms.